The Hall–Kier alpha value is -0.280. The van der Waals surface area contributed by atoms with Gasteiger partial charge >= 0.3 is 0 Å². The molecule has 2 aliphatic rings. The van der Waals surface area contributed by atoms with Crippen molar-refractivity contribution in [3.63, 3.8) is 0 Å². The molecule has 0 aliphatic carbocycles. The second kappa shape index (κ2) is 4.49. The SMILES string of the molecule is BrCC1=CN2C(Br)=CC=CC2=CCC1. The molecule has 3 heteroatoms. The summed E-state index contributed by atoms with van der Waals surface area (Å²) in [6.07, 6.45) is 13.0. The fourth-order valence-corrected chi connectivity index (χ4v) is 2.45. The quantitative estimate of drug-likeness (QED) is 0.521. The maximum atomic E-state index is 3.56. The minimum absolute atomic E-state index is 0.953. The number of nitrogens with zero attached hydrogens (tertiary/aromatic N) is 1. The van der Waals surface area contributed by atoms with E-state index in [-0.39, 0.29) is 0 Å². The van der Waals surface area contributed by atoms with Gasteiger partial charge in [-0.1, -0.05) is 28.1 Å². The highest BCUT2D eigenvalue weighted by atomic mass is 79.9. The molecule has 0 atom stereocenters. The lowest BCUT2D eigenvalue weighted by molar-refractivity contribution is 0.630. The summed E-state index contributed by atoms with van der Waals surface area (Å²) in [7, 11) is 0. The van der Waals surface area contributed by atoms with E-state index >= 15 is 0 Å². The lowest BCUT2D eigenvalue weighted by Crippen LogP contribution is -2.13. The van der Waals surface area contributed by atoms with Crippen molar-refractivity contribution in [1.82, 2.24) is 4.90 Å². The molecule has 0 aromatic rings. The van der Waals surface area contributed by atoms with Gasteiger partial charge in [0.2, 0.25) is 0 Å². The van der Waals surface area contributed by atoms with E-state index in [9.17, 15) is 0 Å². The third-order valence-corrected chi connectivity index (χ3v) is 3.68. The molecular weight excluding hydrogens is 306 g/mol. The van der Waals surface area contributed by atoms with Crippen molar-refractivity contribution in [1.29, 1.82) is 0 Å². The van der Waals surface area contributed by atoms with Gasteiger partial charge in [-0.15, -0.1) is 0 Å². The van der Waals surface area contributed by atoms with Gasteiger partial charge in [0, 0.05) is 17.2 Å². The van der Waals surface area contributed by atoms with Crippen LogP contribution in [0.4, 0.5) is 0 Å². The zero-order valence-corrected chi connectivity index (χ0v) is 10.9. The lowest BCUT2D eigenvalue weighted by Gasteiger charge is -2.23. The second-order valence-electron chi connectivity index (χ2n) is 3.31. The summed E-state index contributed by atoms with van der Waals surface area (Å²) in [6.45, 7) is 0. The van der Waals surface area contributed by atoms with E-state index in [1.165, 1.54) is 11.3 Å². The summed E-state index contributed by atoms with van der Waals surface area (Å²) in [4.78, 5) is 2.18. The number of halogens is 2. The first-order valence-electron chi connectivity index (χ1n) is 4.60. The van der Waals surface area contributed by atoms with Crippen molar-refractivity contribution >= 4 is 31.9 Å². The number of hydrogen-bond donors (Lipinski definition) is 0. The molecule has 0 amide bonds. The van der Waals surface area contributed by atoms with Crippen LogP contribution in [0.5, 0.6) is 0 Å². The van der Waals surface area contributed by atoms with Gasteiger partial charge in [-0.25, -0.2) is 0 Å². The molecule has 0 aromatic carbocycles. The van der Waals surface area contributed by atoms with Crippen LogP contribution >= 0.6 is 31.9 Å². The Labute approximate surface area is 101 Å². The average molecular weight is 317 g/mol. The first-order chi connectivity index (χ1) is 6.81. The molecule has 74 valence electrons. The van der Waals surface area contributed by atoms with Crippen molar-refractivity contribution in [3.05, 3.63) is 46.4 Å². The van der Waals surface area contributed by atoms with Gasteiger partial charge in [0.1, 0.15) is 0 Å². The van der Waals surface area contributed by atoms with Crippen LogP contribution in [0.1, 0.15) is 12.8 Å². The Balaban J connectivity index is 2.34. The molecule has 0 aromatic heterocycles. The Morgan fingerprint density at radius 1 is 1.43 bits per heavy atom. The molecule has 14 heavy (non-hydrogen) atoms. The van der Waals surface area contributed by atoms with Crippen LogP contribution in [0.25, 0.3) is 0 Å². The monoisotopic (exact) mass is 315 g/mol. The summed E-state index contributed by atoms with van der Waals surface area (Å²) in [5, 5.41) is 0.953. The number of fused-ring (bicyclic) bond motifs is 1. The maximum Gasteiger partial charge on any atom is 0.0891 e. The van der Waals surface area contributed by atoms with E-state index in [0.717, 1.165) is 22.8 Å². The molecule has 1 nitrogen and oxygen atoms in total. The Morgan fingerprint density at radius 3 is 3.07 bits per heavy atom. The Morgan fingerprint density at radius 2 is 2.29 bits per heavy atom. The third kappa shape index (κ3) is 2.04. The van der Waals surface area contributed by atoms with Crippen LogP contribution in [-0.4, -0.2) is 10.2 Å². The Bertz CT molecular complexity index is 350. The summed E-state index contributed by atoms with van der Waals surface area (Å²) < 4.78 is 1.10. The average Bonchev–Trinajstić information content (AvgIpc) is 2.40. The van der Waals surface area contributed by atoms with Crippen molar-refractivity contribution in [2.45, 2.75) is 12.8 Å². The van der Waals surface area contributed by atoms with E-state index in [2.05, 4.69) is 67.3 Å². The first-order valence-corrected chi connectivity index (χ1v) is 6.51. The van der Waals surface area contributed by atoms with E-state index in [1.807, 2.05) is 0 Å². The molecule has 2 aliphatic heterocycles. The van der Waals surface area contributed by atoms with Crippen LogP contribution in [0, 0.1) is 0 Å². The first kappa shape index (κ1) is 10.2. The van der Waals surface area contributed by atoms with Crippen LogP contribution in [0.3, 0.4) is 0 Å². The predicted molar refractivity (Wildman–Crippen MR) is 67.2 cm³/mol. The van der Waals surface area contributed by atoms with Crippen molar-refractivity contribution < 1.29 is 0 Å². The molecule has 0 spiro atoms. The van der Waals surface area contributed by atoms with Gasteiger partial charge in [-0.3, -0.25) is 0 Å². The minimum Gasteiger partial charge on any atom is -0.312 e. The van der Waals surface area contributed by atoms with Gasteiger partial charge in [0.15, 0.2) is 0 Å². The molecule has 0 saturated carbocycles. The second-order valence-corrected chi connectivity index (χ2v) is 4.68. The lowest BCUT2D eigenvalue weighted by atomic mass is 10.2. The van der Waals surface area contributed by atoms with Crippen LogP contribution < -0.4 is 0 Å². The number of rotatable bonds is 1. The maximum absolute atomic E-state index is 3.56. The van der Waals surface area contributed by atoms with Gasteiger partial charge in [0.05, 0.1) is 4.61 Å². The van der Waals surface area contributed by atoms with Crippen molar-refractivity contribution in [2.24, 2.45) is 0 Å². The number of hydrogen-bond acceptors (Lipinski definition) is 1. The molecule has 0 unspecified atom stereocenters. The Kier molecular flexibility index (Phi) is 3.29. The summed E-state index contributed by atoms with van der Waals surface area (Å²) >= 11 is 7.07. The van der Waals surface area contributed by atoms with E-state index < -0.39 is 0 Å². The standard InChI is InChI=1S/C11H11Br2N/c12-7-9-3-1-4-10-5-2-6-11(13)14(10)8-9/h2,4-6,8H,1,3,7H2. The molecule has 2 rings (SSSR count). The third-order valence-electron chi connectivity index (χ3n) is 2.31. The predicted octanol–water partition coefficient (Wildman–Crippen LogP) is 4.05. The fraction of sp³-hybridized carbons (Fsp3) is 0.273. The molecule has 0 bridgehead atoms. The van der Waals surface area contributed by atoms with E-state index in [4.69, 9.17) is 0 Å². The van der Waals surface area contributed by atoms with E-state index in [0.29, 0.717) is 0 Å². The summed E-state index contributed by atoms with van der Waals surface area (Å²) in [6, 6.07) is 0. The van der Waals surface area contributed by atoms with Crippen molar-refractivity contribution in [2.75, 3.05) is 5.33 Å². The zero-order valence-electron chi connectivity index (χ0n) is 7.71. The number of alkyl halides is 1. The van der Waals surface area contributed by atoms with Gasteiger partial charge in [-0.2, -0.15) is 0 Å². The normalized spacial score (nSPS) is 20.7. The summed E-state index contributed by atoms with van der Waals surface area (Å²) in [5.41, 5.74) is 2.69. The van der Waals surface area contributed by atoms with Gasteiger partial charge < -0.3 is 4.90 Å². The minimum atomic E-state index is 0.953. The zero-order chi connectivity index (χ0) is 9.97. The number of allylic oxidation sites excluding steroid dienone is 5. The molecule has 0 saturated heterocycles. The van der Waals surface area contributed by atoms with Crippen LogP contribution in [0.2, 0.25) is 0 Å². The van der Waals surface area contributed by atoms with Crippen LogP contribution in [0.15, 0.2) is 46.4 Å². The molecular formula is C11H11Br2N. The van der Waals surface area contributed by atoms with Crippen LogP contribution in [-0.2, 0) is 0 Å². The molecule has 0 fully saturated rings. The summed E-state index contributed by atoms with van der Waals surface area (Å²) in [5.74, 6) is 0. The largest absolute Gasteiger partial charge is 0.312 e. The molecule has 0 N–H and O–H groups in total. The highest BCUT2D eigenvalue weighted by Gasteiger charge is 2.14. The smallest absolute Gasteiger partial charge is 0.0891 e. The highest BCUT2D eigenvalue weighted by molar-refractivity contribution is 9.11. The molecule has 0 radical (unpaired) electrons. The van der Waals surface area contributed by atoms with E-state index in [1.54, 1.807) is 0 Å². The van der Waals surface area contributed by atoms with Gasteiger partial charge in [-0.05, 0) is 46.5 Å². The van der Waals surface area contributed by atoms with Gasteiger partial charge in [0.25, 0.3) is 0 Å². The topological polar surface area (TPSA) is 3.24 Å². The fourth-order valence-electron chi connectivity index (χ4n) is 1.57. The van der Waals surface area contributed by atoms with Crippen molar-refractivity contribution in [3.8, 4) is 0 Å². The molecule has 2 heterocycles. The highest BCUT2D eigenvalue weighted by Crippen LogP contribution is 2.29.